The fourth-order valence-electron chi connectivity index (χ4n) is 2.04. The molecule has 1 atom stereocenters. The van der Waals surface area contributed by atoms with Gasteiger partial charge in [-0.3, -0.25) is 0 Å². The van der Waals surface area contributed by atoms with Crippen LogP contribution in [0.2, 0.25) is 0 Å². The highest BCUT2D eigenvalue weighted by molar-refractivity contribution is 9.10. The Hall–Kier alpha value is -1.23. The highest BCUT2D eigenvalue weighted by Crippen LogP contribution is 2.27. The van der Waals surface area contributed by atoms with Gasteiger partial charge in [0.25, 0.3) is 0 Å². The van der Waals surface area contributed by atoms with E-state index in [2.05, 4.69) is 39.1 Å². The smallest absolute Gasteiger partial charge is 0.0957 e. The summed E-state index contributed by atoms with van der Waals surface area (Å²) in [6.45, 7) is 0. The Bertz CT molecular complexity index is 694. The number of rotatable bonds is 3. The molecule has 1 unspecified atom stereocenters. The molecule has 4 heteroatoms. The molecule has 1 heterocycles. The second-order valence-corrected chi connectivity index (χ2v) is 6.47. The molecular formula is C15H13BrN2S. The van der Waals surface area contributed by atoms with Crippen molar-refractivity contribution in [2.45, 2.75) is 12.5 Å². The van der Waals surface area contributed by atoms with Crippen molar-refractivity contribution in [3.8, 4) is 0 Å². The topological polar surface area (TPSA) is 38.9 Å². The van der Waals surface area contributed by atoms with E-state index in [-0.39, 0.29) is 6.04 Å². The van der Waals surface area contributed by atoms with Gasteiger partial charge < -0.3 is 5.73 Å². The first-order valence-electron chi connectivity index (χ1n) is 6.08. The van der Waals surface area contributed by atoms with Gasteiger partial charge in [0.15, 0.2) is 0 Å². The first-order valence-corrected chi connectivity index (χ1v) is 7.69. The summed E-state index contributed by atoms with van der Waals surface area (Å²) in [7, 11) is 0. The molecule has 19 heavy (non-hydrogen) atoms. The number of hydrogen-bond acceptors (Lipinski definition) is 3. The van der Waals surface area contributed by atoms with Crippen LogP contribution in [0.25, 0.3) is 10.2 Å². The third-order valence-corrected chi connectivity index (χ3v) is 4.55. The highest BCUT2D eigenvalue weighted by Gasteiger charge is 2.10. The van der Waals surface area contributed by atoms with Gasteiger partial charge in [0.2, 0.25) is 0 Å². The second kappa shape index (κ2) is 5.41. The summed E-state index contributed by atoms with van der Waals surface area (Å²) in [6.07, 6.45) is 0.779. The van der Waals surface area contributed by atoms with Crippen LogP contribution in [0.5, 0.6) is 0 Å². The van der Waals surface area contributed by atoms with Crippen molar-refractivity contribution in [1.82, 2.24) is 4.98 Å². The van der Waals surface area contributed by atoms with E-state index in [0.717, 1.165) is 27.0 Å². The van der Waals surface area contributed by atoms with Crippen LogP contribution in [0, 0.1) is 0 Å². The van der Waals surface area contributed by atoms with Crippen LogP contribution in [0.3, 0.4) is 0 Å². The standard InChI is InChI=1S/C15H13BrN2S/c16-11-6-7-13-14(8-11)19-15(18-13)9-12(17)10-4-2-1-3-5-10/h1-8,12H,9,17H2. The molecule has 0 saturated carbocycles. The predicted octanol–water partition coefficient (Wildman–Crippen LogP) is 4.30. The number of aromatic nitrogens is 1. The zero-order chi connectivity index (χ0) is 13.2. The van der Waals surface area contributed by atoms with Gasteiger partial charge in [-0.25, -0.2) is 4.98 Å². The molecule has 96 valence electrons. The molecule has 0 spiro atoms. The van der Waals surface area contributed by atoms with Crippen molar-refractivity contribution in [1.29, 1.82) is 0 Å². The first kappa shape index (κ1) is 12.8. The van der Waals surface area contributed by atoms with Gasteiger partial charge >= 0.3 is 0 Å². The normalized spacial score (nSPS) is 12.7. The zero-order valence-electron chi connectivity index (χ0n) is 10.2. The second-order valence-electron chi connectivity index (χ2n) is 4.44. The molecule has 0 bridgehead atoms. The van der Waals surface area contributed by atoms with Crippen molar-refractivity contribution in [2.24, 2.45) is 5.73 Å². The molecule has 2 aromatic carbocycles. The average Bonchev–Trinajstić information content (AvgIpc) is 2.81. The maximum absolute atomic E-state index is 6.24. The number of benzene rings is 2. The lowest BCUT2D eigenvalue weighted by Crippen LogP contribution is -2.12. The third-order valence-electron chi connectivity index (χ3n) is 3.02. The summed E-state index contributed by atoms with van der Waals surface area (Å²) >= 11 is 5.20. The Morgan fingerprint density at radius 2 is 1.95 bits per heavy atom. The van der Waals surface area contributed by atoms with Crippen LogP contribution in [0.15, 0.2) is 53.0 Å². The average molecular weight is 333 g/mol. The van der Waals surface area contributed by atoms with Gasteiger partial charge in [0, 0.05) is 16.9 Å². The van der Waals surface area contributed by atoms with E-state index in [1.54, 1.807) is 11.3 Å². The van der Waals surface area contributed by atoms with E-state index >= 15 is 0 Å². The van der Waals surface area contributed by atoms with Crippen LogP contribution < -0.4 is 5.73 Å². The maximum atomic E-state index is 6.24. The van der Waals surface area contributed by atoms with Crippen LogP contribution in [0.1, 0.15) is 16.6 Å². The summed E-state index contributed by atoms with van der Waals surface area (Å²) in [5.41, 5.74) is 8.44. The number of hydrogen-bond donors (Lipinski definition) is 1. The van der Waals surface area contributed by atoms with E-state index in [0.29, 0.717) is 0 Å². The van der Waals surface area contributed by atoms with E-state index in [4.69, 9.17) is 5.73 Å². The van der Waals surface area contributed by atoms with Crippen LogP contribution >= 0.6 is 27.3 Å². The Morgan fingerprint density at radius 3 is 2.74 bits per heavy atom. The summed E-state index contributed by atoms with van der Waals surface area (Å²) in [6, 6.07) is 16.3. The molecule has 0 amide bonds. The van der Waals surface area contributed by atoms with Gasteiger partial charge in [-0.1, -0.05) is 46.3 Å². The Kier molecular flexibility index (Phi) is 3.64. The van der Waals surface area contributed by atoms with E-state index in [1.165, 1.54) is 4.70 Å². The predicted molar refractivity (Wildman–Crippen MR) is 84.4 cm³/mol. The van der Waals surface area contributed by atoms with Crippen molar-refractivity contribution >= 4 is 37.5 Å². The Labute approximate surface area is 124 Å². The molecule has 3 rings (SSSR count). The van der Waals surface area contributed by atoms with Crippen molar-refractivity contribution in [3.05, 3.63) is 63.6 Å². The van der Waals surface area contributed by atoms with E-state index in [9.17, 15) is 0 Å². The summed E-state index contributed by atoms with van der Waals surface area (Å²) in [5, 5.41) is 1.09. The van der Waals surface area contributed by atoms with Gasteiger partial charge in [0.05, 0.1) is 15.2 Å². The molecule has 2 nitrogen and oxygen atoms in total. The minimum atomic E-state index is 0.00482. The largest absolute Gasteiger partial charge is 0.324 e. The molecular weight excluding hydrogens is 320 g/mol. The molecule has 1 aromatic heterocycles. The zero-order valence-corrected chi connectivity index (χ0v) is 12.6. The lowest BCUT2D eigenvalue weighted by Gasteiger charge is -2.09. The van der Waals surface area contributed by atoms with Gasteiger partial charge in [-0.2, -0.15) is 0 Å². The SMILES string of the molecule is NC(Cc1nc2ccc(Br)cc2s1)c1ccccc1. The van der Waals surface area contributed by atoms with Crippen LogP contribution in [-0.2, 0) is 6.42 Å². The Balaban J connectivity index is 1.85. The van der Waals surface area contributed by atoms with Crippen molar-refractivity contribution < 1.29 is 0 Å². The number of thiazole rings is 1. The van der Waals surface area contributed by atoms with Crippen molar-refractivity contribution in [2.75, 3.05) is 0 Å². The molecule has 0 aliphatic carbocycles. The van der Waals surface area contributed by atoms with Gasteiger partial charge in [-0.15, -0.1) is 11.3 Å². The molecule has 2 N–H and O–H groups in total. The molecule has 0 aliphatic heterocycles. The number of fused-ring (bicyclic) bond motifs is 1. The molecule has 0 aliphatic rings. The minimum absolute atomic E-state index is 0.00482. The van der Waals surface area contributed by atoms with Crippen LogP contribution in [0.4, 0.5) is 0 Å². The summed E-state index contributed by atoms with van der Waals surface area (Å²) < 4.78 is 2.28. The Morgan fingerprint density at radius 1 is 1.16 bits per heavy atom. The lowest BCUT2D eigenvalue weighted by molar-refractivity contribution is 0.719. The van der Waals surface area contributed by atoms with Crippen LogP contribution in [-0.4, -0.2) is 4.98 Å². The number of halogens is 1. The highest BCUT2D eigenvalue weighted by atomic mass is 79.9. The lowest BCUT2D eigenvalue weighted by atomic mass is 10.1. The molecule has 3 aromatic rings. The van der Waals surface area contributed by atoms with E-state index < -0.39 is 0 Å². The summed E-state index contributed by atoms with van der Waals surface area (Å²) in [5.74, 6) is 0. The van der Waals surface area contributed by atoms with E-state index in [1.807, 2.05) is 30.3 Å². The first-order chi connectivity index (χ1) is 9.22. The van der Waals surface area contributed by atoms with Gasteiger partial charge in [0.1, 0.15) is 0 Å². The number of nitrogens with zero attached hydrogens (tertiary/aromatic N) is 1. The minimum Gasteiger partial charge on any atom is -0.324 e. The fraction of sp³-hybridized carbons (Fsp3) is 0.133. The molecule has 0 saturated heterocycles. The van der Waals surface area contributed by atoms with Crippen molar-refractivity contribution in [3.63, 3.8) is 0 Å². The molecule has 0 fully saturated rings. The van der Waals surface area contributed by atoms with Gasteiger partial charge in [-0.05, 0) is 23.8 Å². The quantitative estimate of drug-likeness (QED) is 0.776. The fourth-order valence-corrected chi connectivity index (χ4v) is 3.62. The number of nitrogens with two attached hydrogens (primary N) is 1. The third kappa shape index (κ3) is 2.86. The molecule has 0 radical (unpaired) electrons. The summed E-state index contributed by atoms with van der Waals surface area (Å²) in [4.78, 5) is 4.64. The monoisotopic (exact) mass is 332 g/mol. The maximum Gasteiger partial charge on any atom is 0.0957 e.